The molecule has 0 fully saturated rings. The highest BCUT2D eigenvalue weighted by atomic mass is 35.5. The van der Waals surface area contributed by atoms with Crippen LogP contribution in [0.1, 0.15) is 21.6 Å². The van der Waals surface area contributed by atoms with Gasteiger partial charge >= 0.3 is 5.97 Å². The van der Waals surface area contributed by atoms with Gasteiger partial charge in [-0.1, -0.05) is 11.6 Å². The van der Waals surface area contributed by atoms with Crippen molar-refractivity contribution in [1.29, 1.82) is 0 Å². The molecule has 1 heterocycles. The number of aryl methyl sites for hydroxylation is 2. The Kier molecular flexibility index (Phi) is 3.24. The van der Waals surface area contributed by atoms with Crippen LogP contribution in [-0.2, 0) is 7.05 Å². The topological polar surface area (TPSA) is 75.3 Å². The van der Waals surface area contributed by atoms with E-state index in [1.165, 1.54) is 10.7 Å². The Hall–Kier alpha value is -2.01. The number of benzene rings is 1. The molecule has 0 aliphatic rings. The van der Waals surface area contributed by atoms with E-state index in [4.69, 9.17) is 16.7 Å². The molecule has 5 nitrogen and oxygen atoms in total. The van der Waals surface area contributed by atoms with Gasteiger partial charge in [0.25, 0.3) is 0 Å². The third-order valence-corrected chi connectivity index (χ3v) is 3.42. The average Bonchev–Trinajstić information content (AvgIpc) is 2.70. The van der Waals surface area contributed by atoms with Crippen LogP contribution < -0.4 is 0 Å². The fourth-order valence-electron chi connectivity index (χ4n) is 1.98. The molecule has 0 aliphatic heterocycles. The van der Waals surface area contributed by atoms with Gasteiger partial charge in [0.15, 0.2) is 5.69 Å². The minimum Gasteiger partial charge on any atom is -0.506 e. The van der Waals surface area contributed by atoms with E-state index < -0.39 is 5.97 Å². The van der Waals surface area contributed by atoms with Crippen LogP contribution in [-0.4, -0.2) is 26.0 Å². The minimum absolute atomic E-state index is 0.0651. The number of carboxylic acids is 1. The van der Waals surface area contributed by atoms with E-state index >= 15 is 0 Å². The number of phenols is 1. The van der Waals surface area contributed by atoms with Crippen molar-refractivity contribution in [3.05, 3.63) is 34.0 Å². The van der Waals surface area contributed by atoms with Crippen molar-refractivity contribution in [2.24, 2.45) is 7.05 Å². The quantitative estimate of drug-likeness (QED) is 0.887. The molecule has 2 rings (SSSR count). The van der Waals surface area contributed by atoms with Crippen LogP contribution in [0.15, 0.2) is 12.1 Å². The van der Waals surface area contributed by atoms with E-state index in [1.807, 2.05) is 13.8 Å². The molecule has 0 radical (unpaired) electrons. The molecule has 0 amide bonds. The molecule has 0 atom stereocenters. The van der Waals surface area contributed by atoms with Gasteiger partial charge in [-0.25, -0.2) is 4.79 Å². The third-order valence-electron chi connectivity index (χ3n) is 3.13. The van der Waals surface area contributed by atoms with Gasteiger partial charge in [-0.15, -0.1) is 0 Å². The van der Waals surface area contributed by atoms with Crippen molar-refractivity contribution in [2.45, 2.75) is 13.8 Å². The Labute approximate surface area is 115 Å². The molecule has 0 saturated heterocycles. The summed E-state index contributed by atoms with van der Waals surface area (Å²) in [6.45, 7) is 3.72. The lowest BCUT2D eigenvalue weighted by Crippen LogP contribution is -2.00. The Balaban J connectivity index is 2.75. The van der Waals surface area contributed by atoms with Gasteiger partial charge in [0.2, 0.25) is 0 Å². The normalized spacial score (nSPS) is 10.7. The lowest BCUT2D eigenvalue weighted by Gasteiger charge is -2.12. The summed E-state index contributed by atoms with van der Waals surface area (Å²) in [7, 11) is 1.62. The summed E-state index contributed by atoms with van der Waals surface area (Å²) in [6.07, 6.45) is 0. The molecule has 1 aromatic heterocycles. The van der Waals surface area contributed by atoms with E-state index in [-0.39, 0.29) is 16.5 Å². The highest BCUT2D eigenvalue weighted by Gasteiger charge is 2.19. The van der Waals surface area contributed by atoms with E-state index in [9.17, 15) is 9.90 Å². The van der Waals surface area contributed by atoms with Gasteiger partial charge in [-0.2, -0.15) is 5.10 Å². The largest absolute Gasteiger partial charge is 0.506 e. The first-order valence-corrected chi connectivity index (χ1v) is 5.97. The van der Waals surface area contributed by atoms with Crippen LogP contribution in [0.2, 0.25) is 5.02 Å². The van der Waals surface area contributed by atoms with Crippen LogP contribution in [0.4, 0.5) is 0 Å². The molecule has 0 saturated carbocycles. The average molecular weight is 281 g/mol. The number of halogens is 1. The number of aromatic nitrogens is 2. The second-order valence-corrected chi connectivity index (χ2v) is 4.77. The number of hydrogen-bond donors (Lipinski definition) is 2. The summed E-state index contributed by atoms with van der Waals surface area (Å²) in [5.41, 5.74) is 2.69. The maximum atomic E-state index is 10.9. The van der Waals surface area contributed by atoms with E-state index in [0.29, 0.717) is 11.3 Å². The maximum absolute atomic E-state index is 10.9. The van der Waals surface area contributed by atoms with Crippen LogP contribution in [0.5, 0.6) is 5.75 Å². The smallest absolute Gasteiger partial charge is 0.356 e. The number of phenolic OH excluding ortho intramolecular Hbond substituents is 1. The standard InChI is InChI=1S/C13H13ClN2O3/c1-6-4-8(14)12(17)11(7(6)2)10-5-9(13(18)19)15-16(10)3/h4-5,17H,1-3H3,(H,18,19). The molecule has 2 N–H and O–H groups in total. The zero-order chi connectivity index (χ0) is 14.3. The highest BCUT2D eigenvalue weighted by molar-refractivity contribution is 6.32. The van der Waals surface area contributed by atoms with Crippen molar-refractivity contribution >= 4 is 17.6 Å². The Bertz CT molecular complexity index is 651. The van der Waals surface area contributed by atoms with Crippen molar-refractivity contribution in [3.8, 4) is 17.0 Å². The van der Waals surface area contributed by atoms with E-state index in [1.54, 1.807) is 13.1 Å². The Morgan fingerprint density at radius 2 is 2.00 bits per heavy atom. The summed E-state index contributed by atoms with van der Waals surface area (Å²) in [6, 6.07) is 3.09. The Morgan fingerprint density at radius 3 is 2.53 bits per heavy atom. The predicted octanol–water partition coefficient (Wildman–Crippen LogP) is 2.76. The molecular weight excluding hydrogens is 268 g/mol. The Morgan fingerprint density at radius 1 is 1.37 bits per heavy atom. The molecule has 0 bridgehead atoms. The lowest BCUT2D eigenvalue weighted by atomic mass is 9.99. The first-order valence-electron chi connectivity index (χ1n) is 5.59. The molecule has 2 aromatic rings. The van der Waals surface area contributed by atoms with Crippen molar-refractivity contribution in [1.82, 2.24) is 9.78 Å². The minimum atomic E-state index is -1.11. The number of aromatic carboxylic acids is 1. The number of aromatic hydroxyl groups is 1. The van der Waals surface area contributed by atoms with Crippen molar-refractivity contribution < 1.29 is 15.0 Å². The fraction of sp³-hybridized carbons (Fsp3) is 0.231. The summed E-state index contributed by atoms with van der Waals surface area (Å²) >= 11 is 5.97. The highest BCUT2D eigenvalue weighted by Crippen LogP contribution is 2.39. The van der Waals surface area contributed by atoms with Gasteiger partial charge in [0, 0.05) is 12.6 Å². The second-order valence-electron chi connectivity index (χ2n) is 4.37. The predicted molar refractivity (Wildman–Crippen MR) is 71.8 cm³/mol. The zero-order valence-electron chi connectivity index (χ0n) is 10.7. The van der Waals surface area contributed by atoms with E-state index in [2.05, 4.69) is 5.10 Å². The summed E-state index contributed by atoms with van der Waals surface area (Å²) in [5, 5.41) is 23.2. The summed E-state index contributed by atoms with van der Waals surface area (Å²) in [5.74, 6) is -1.18. The van der Waals surface area contributed by atoms with Gasteiger partial charge < -0.3 is 10.2 Å². The van der Waals surface area contributed by atoms with Crippen molar-refractivity contribution in [3.63, 3.8) is 0 Å². The van der Waals surface area contributed by atoms with Crippen LogP contribution in [0.25, 0.3) is 11.3 Å². The summed E-state index contributed by atoms with van der Waals surface area (Å²) in [4.78, 5) is 10.9. The second kappa shape index (κ2) is 4.59. The molecule has 0 unspecified atom stereocenters. The van der Waals surface area contributed by atoms with Gasteiger partial charge in [-0.05, 0) is 37.1 Å². The third kappa shape index (κ3) is 2.17. The van der Waals surface area contributed by atoms with Gasteiger partial charge in [0.05, 0.1) is 10.7 Å². The fourth-order valence-corrected chi connectivity index (χ4v) is 2.24. The number of hydrogen-bond acceptors (Lipinski definition) is 3. The number of carboxylic acid groups (broad SMARTS) is 1. The maximum Gasteiger partial charge on any atom is 0.356 e. The van der Waals surface area contributed by atoms with Gasteiger partial charge in [-0.3, -0.25) is 4.68 Å². The van der Waals surface area contributed by atoms with Crippen LogP contribution in [0, 0.1) is 13.8 Å². The molecule has 0 aliphatic carbocycles. The number of nitrogens with zero attached hydrogens (tertiary/aromatic N) is 2. The van der Waals surface area contributed by atoms with Crippen LogP contribution >= 0.6 is 11.6 Å². The molecule has 1 aromatic carbocycles. The number of rotatable bonds is 2. The molecular formula is C13H13ClN2O3. The summed E-state index contributed by atoms with van der Waals surface area (Å²) < 4.78 is 1.42. The SMILES string of the molecule is Cc1cc(Cl)c(O)c(-c2cc(C(=O)O)nn2C)c1C. The first-order chi connectivity index (χ1) is 8.82. The number of carbonyl (C=O) groups is 1. The molecule has 100 valence electrons. The molecule has 19 heavy (non-hydrogen) atoms. The van der Waals surface area contributed by atoms with Gasteiger partial charge in [0.1, 0.15) is 5.75 Å². The van der Waals surface area contributed by atoms with E-state index in [0.717, 1.165) is 11.1 Å². The van der Waals surface area contributed by atoms with Crippen LogP contribution in [0.3, 0.4) is 0 Å². The monoisotopic (exact) mass is 280 g/mol. The molecule has 6 heteroatoms. The zero-order valence-corrected chi connectivity index (χ0v) is 11.5. The lowest BCUT2D eigenvalue weighted by molar-refractivity contribution is 0.0689. The van der Waals surface area contributed by atoms with Crippen molar-refractivity contribution in [2.75, 3.05) is 0 Å². The molecule has 0 spiro atoms. The first kappa shape index (κ1) is 13.4.